The minimum absolute atomic E-state index is 0.117. The van der Waals surface area contributed by atoms with Gasteiger partial charge in [-0.05, 0) is 31.6 Å². The lowest BCUT2D eigenvalue weighted by molar-refractivity contribution is -0.142. The summed E-state index contributed by atoms with van der Waals surface area (Å²) in [6, 6.07) is 0.422. The molecule has 2 saturated carbocycles. The van der Waals surface area contributed by atoms with Crippen LogP contribution in [0.2, 0.25) is 0 Å². The van der Waals surface area contributed by atoms with Crippen molar-refractivity contribution in [3.05, 3.63) is 0 Å². The van der Waals surface area contributed by atoms with E-state index >= 15 is 0 Å². The molecule has 17 heavy (non-hydrogen) atoms. The van der Waals surface area contributed by atoms with Crippen LogP contribution >= 0.6 is 0 Å². The first-order chi connectivity index (χ1) is 8.18. The van der Waals surface area contributed by atoms with Crippen molar-refractivity contribution in [1.29, 1.82) is 0 Å². The number of carboxylic acid groups (broad SMARTS) is 1. The highest BCUT2D eigenvalue weighted by atomic mass is 16.4. The Hall–Kier alpha value is -1.06. The van der Waals surface area contributed by atoms with E-state index in [0.29, 0.717) is 18.4 Å². The summed E-state index contributed by atoms with van der Waals surface area (Å²) in [7, 11) is 0. The van der Waals surface area contributed by atoms with Crippen LogP contribution in [0.4, 0.5) is 0 Å². The Morgan fingerprint density at radius 3 is 2.53 bits per heavy atom. The summed E-state index contributed by atoms with van der Waals surface area (Å²) in [5, 5.41) is 8.88. The number of aliphatic carboxylic acids is 1. The van der Waals surface area contributed by atoms with Gasteiger partial charge in [0.1, 0.15) is 0 Å². The summed E-state index contributed by atoms with van der Waals surface area (Å²) in [5.41, 5.74) is 0. The number of carbonyl (C=O) groups is 2. The predicted molar refractivity (Wildman–Crippen MR) is 61.3 cm³/mol. The van der Waals surface area contributed by atoms with Crippen LogP contribution in [0.1, 0.15) is 38.5 Å². The summed E-state index contributed by atoms with van der Waals surface area (Å²) in [6.07, 6.45) is 6.58. The molecule has 0 aromatic heterocycles. The Kier molecular flexibility index (Phi) is 2.60. The zero-order valence-electron chi connectivity index (χ0n) is 9.97. The van der Waals surface area contributed by atoms with Crippen molar-refractivity contribution in [2.24, 2.45) is 17.8 Å². The smallest absolute Gasteiger partial charge is 0.307 e. The summed E-state index contributed by atoms with van der Waals surface area (Å²) in [6.45, 7) is 0.858. The molecule has 4 unspecified atom stereocenters. The molecule has 3 rings (SSSR count). The quantitative estimate of drug-likeness (QED) is 0.791. The van der Waals surface area contributed by atoms with Gasteiger partial charge in [-0.25, -0.2) is 0 Å². The van der Waals surface area contributed by atoms with Crippen LogP contribution in [0.5, 0.6) is 0 Å². The van der Waals surface area contributed by atoms with Crippen LogP contribution in [0.3, 0.4) is 0 Å². The van der Waals surface area contributed by atoms with Crippen molar-refractivity contribution in [1.82, 2.24) is 4.90 Å². The molecule has 0 radical (unpaired) electrons. The first-order valence-electron chi connectivity index (χ1n) is 6.72. The van der Waals surface area contributed by atoms with Crippen LogP contribution in [0, 0.1) is 17.8 Å². The topological polar surface area (TPSA) is 57.6 Å². The third-order valence-electron chi connectivity index (χ3n) is 4.72. The average Bonchev–Trinajstić information content (AvgIpc) is 3.02. The lowest BCUT2D eigenvalue weighted by Gasteiger charge is -2.31. The van der Waals surface area contributed by atoms with Crippen molar-refractivity contribution in [3.63, 3.8) is 0 Å². The first kappa shape index (κ1) is 11.1. The van der Waals surface area contributed by atoms with Gasteiger partial charge in [0.2, 0.25) is 5.91 Å². The van der Waals surface area contributed by atoms with Gasteiger partial charge in [0, 0.05) is 12.6 Å². The SMILES string of the molecule is O=C(O)C1CC1C(=O)N1CCC2CCCCC21. The van der Waals surface area contributed by atoms with Gasteiger partial charge in [-0.1, -0.05) is 12.8 Å². The van der Waals surface area contributed by atoms with E-state index in [0.717, 1.165) is 19.4 Å². The summed E-state index contributed by atoms with van der Waals surface area (Å²) in [4.78, 5) is 25.0. The van der Waals surface area contributed by atoms with E-state index in [1.807, 2.05) is 4.90 Å². The van der Waals surface area contributed by atoms with Gasteiger partial charge in [-0.15, -0.1) is 0 Å². The monoisotopic (exact) mass is 237 g/mol. The molecular formula is C13H19NO3. The molecule has 0 aromatic carbocycles. The molecule has 3 aliphatic rings. The van der Waals surface area contributed by atoms with Crippen LogP contribution < -0.4 is 0 Å². The number of likely N-dealkylation sites (tertiary alicyclic amines) is 1. The Balaban J connectivity index is 1.65. The molecule has 1 N–H and O–H groups in total. The third-order valence-corrected chi connectivity index (χ3v) is 4.72. The minimum atomic E-state index is -0.803. The van der Waals surface area contributed by atoms with E-state index in [2.05, 4.69) is 0 Å². The Morgan fingerprint density at radius 1 is 1.06 bits per heavy atom. The zero-order chi connectivity index (χ0) is 12.0. The highest BCUT2D eigenvalue weighted by molar-refractivity contribution is 5.89. The fourth-order valence-electron chi connectivity index (χ4n) is 3.63. The van der Waals surface area contributed by atoms with E-state index in [1.165, 1.54) is 19.3 Å². The minimum Gasteiger partial charge on any atom is -0.481 e. The number of carbonyl (C=O) groups excluding carboxylic acids is 1. The van der Waals surface area contributed by atoms with E-state index in [1.54, 1.807) is 0 Å². The van der Waals surface area contributed by atoms with E-state index in [9.17, 15) is 9.59 Å². The molecule has 1 heterocycles. The molecule has 94 valence electrons. The van der Waals surface area contributed by atoms with Gasteiger partial charge in [0.15, 0.2) is 0 Å². The van der Waals surface area contributed by atoms with E-state index in [-0.39, 0.29) is 11.8 Å². The number of rotatable bonds is 2. The summed E-state index contributed by atoms with van der Waals surface area (Å²) >= 11 is 0. The van der Waals surface area contributed by atoms with Crippen molar-refractivity contribution >= 4 is 11.9 Å². The standard InChI is InChI=1S/C13H19NO3/c15-12(9-7-10(9)13(16)17)14-6-5-8-3-1-2-4-11(8)14/h8-11H,1-7H2,(H,16,17). The van der Waals surface area contributed by atoms with Gasteiger partial charge in [-0.2, -0.15) is 0 Å². The molecule has 0 bridgehead atoms. The lowest BCUT2D eigenvalue weighted by Crippen LogP contribution is -2.40. The largest absolute Gasteiger partial charge is 0.481 e. The molecule has 0 spiro atoms. The average molecular weight is 237 g/mol. The lowest BCUT2D eigenvalue weighted by atomic mass is 9.85. The second-order valence-electron chi connectivity index (χ2n) is 5.72. The van der Waals surface area contributed by atoms with Crippen molar-refractivity contribution in [3.8, 4) is 0 Å². The van der Waals surface area contributed by atoms with Crippen LogP contribution in [0.15, 0.2) is 0 Å². The second kappa shape index (κ2) is 4.00. The number of carboxylic acids is 1. The number of nitrogens with zero attached hydrogens (tertiary/aromatic N) is 1. The fourth-order valence-corrected chi connectivity index (χ4v) is 3.63. The number of hydrogen-bond acceptors (Lipinski definition) is 2. The zero-order valence-corrected chi connectivity index (χ0v) is 9.97. The van der Waals surface area contributed by atoms with Gasteiger partial charge in [-0.3, -0.25) is 9.59 Å². The maximum atomic E-state index is 12.2. The first-order valence-corrected chi connectivity index (χ1v) is 6.72. The van der Waals surface area contributed by atoms with Crippen molar-refractivity contribution in [2.75, 3.05) is 6.54 Å². The van der Waals surface area contributed by atoms with Gasteiger partial charge >= 0.3 is 5.97 Å². The molecule has 0 aromatic rings. The Morgan fingerprint density at radius 2 is 1.82 bits per heavy atom. The van der Waals surface area contributed by atoms with Gasteiger partial charge < -0.3 is 10.0 Å². The molecule has 1 aliphatic heterocycles. The van der Waals surface area contributed by atoms with Crippen LogP contribution in [-0.4, -0.2) is 34.5 Å². The number of fused-ring (bicyclic) bond motifs is 1. The van der Waals surface area contributed by atoms with Crippen molar-refractivity contribution in [2.45, 2.75) is 44.6 Å². The molecule has 3 fully saturated rings. The maximum Gasteiger partial charge on any atom is 0.307 e. The van der Waals surface area contributed by atoms with Crippen LogP contribution in [-0.2, 0) is 9.59 Å². The molecule has 4 nitrogen and oxygen atoms in total. The van der Waals surface area contributed by atoms with Crippen LogP contribution in [0.25, 0.3) is 0 Å². The van der Waals surface area contributed by atoms with E-state index < -0.39 is 11.9 Å². The van der Waals surface area contributed by atoms with Gasteiger partial charge in [0.25, 0.3) is 0 Å². The molecule has 4 heteroatoms. The summed E-state index contributed by atoms with van der Waals surface area (Å²) in [5.74, 6) is -0.609. The normalized spacial score (nSPS) is 39.9. The molecular weight excluding hydrogens is 218 g/mol. The highest BCUT2D eigenvalue weighted by Crippen LogP contribution is 2.44. The highest BCUT2D eigenvalue weighted by Gasteiger charge is 2.52. The Bertz CT molecular complexity index is 355. The fraction of sp³-hybridized carbons (Fsp3) is 0.846. The molecule has 1 saturated heterocycles. The number of amides is 1. The molecule has 4 atom stereocenters. The second-order valence-corrected chi connectivity index (χ2v) is 5.72. The predicted octanol–water partition coefficient (Wildman–Crippen LogP) is 1.50. The van der Waals surface area contributed by atoms with Gasteiger partial charge in [0.05, 0.1) is 11.8 Å². The van der Waals surface area contributed by atoms with E-state index in [4.69, 9.17) is 5.11 Å². The Labute approximate surface area is 101 Å². The molecule has 1 amide bonds. The van der Waals surface area contributed by atoms with Crippen molar-refractivity contribution < 1.29 is 14.7 Å². The molecule has 2 aliphatic carbocycles. The maximum absolute atomic E-state index is 12.2. The number of hydrogen-bond donors (Lipinski definition) is 1. The summed E-state index contributed by atoms with van der Waals surface area (Å²) < 4.78 is 0. The third kappa shape index (κ3) is 1.83.